The van der Waals surface area contributed by atoms with Crippen LogP contribution in [-0.2, 0) is 16.0 Å². The Labute approximate surface area is 225 Å². The van der Waals surface area contributed by atoms with Crippen molar-refractivity contribution in [3.8, 4) is 5.75 Å². The predicted molar refractivity (Wildman–Crippen MR) is 150 cm³/mol. The summed E-state index contributed by atoms with van der Waals surface area (Å²) in [6, 6.07) is 25.0. The lowest BCUT2D eigenvalue weighted by atomic mass is 10.1. The van der Waals surface area contributed by atoms with Crippen LogP contribution in [0.15, 0.2) is 78.9 Å². The second kappa shape index (κ2) is 12.1. The number of rotatable bonds is 9. The van der Waals surface area contributed by atoms with Crippen LogP contribution in [0.3, 0.4) is 0 Å². The highest BCUT2D eigenvalue weighted by Crippen LogP contribution is 2.35. The van der Waals surface area contributed by atoms with Gasteiger partial charge in [0.2, 0.25) is 0 Å². The van der Waals surface area contributed by atoms with Crippen molar-refractivity contribution in [1.82, 2.24) is 4.90 Å². The average Bonchev–Trinajstić information content (AvgIpc) is 3.39. The van der Waals surface area contributed by atoms with Crippen LogP contribution in [0.5, 0.6) is 5.75 Å². The third kappa shape index (κ3) is 6.31. The van der Waals surface area contributed by atoms with Gasteiger partial charge >= 0.3 is 6.09 Å². The Morgan fingerprint density at radius 2 is 1.82 bits per heavy atom. The van der Waals surface area contributed by atoms with E-state index < -0.39 is 12.2 Å². The molecule has 1 saturated heterocycles. The number of nitrogens with two attached hydrogens (primary N) is 1. The Hall–Kier alpha value is -3.92. The van der Waals surface area contributed by atoms with Crippen molar-refractivity contribution in [2.75, 3.05) is 38.2 Å². The molecule has 0 bridgehead atoms. The number of para-hydroxylation sites is 1. The number of morpholine rings is 1. The zero-order chi connectivity index (χ0) is 26.3. The number of hydrogen-bond acceptors (Lipinski definition) is 7. The predicted octanol–water partition coefficient (Wildman–Crippen LogP) is 5.39. The van der Waals surface area contributed by atoms with Gasteiger partial charge in [-0.2, -0.15) is 0 Å². The lowest BCUT2D eigenvalue weighted by Gasteiger charge is -2.27. The van der Waals surface area contributed by atoms with Gasteiger partial charge in [0.15, 0.2) is 6.10 Å². The quantitative estimate of drug-likeness (QED) is 0.198. The van der Waals surface area contributed by atoms with Crippen LogP contribution >= 0.6 is 11.3 Å². The maximum absolute atomic E-state index is 12.9. The van der Waals surface area contributed by atoms with E-state index in [0.717, 1.165) is 46.5 Å². The van der Waals surface area contributed by atoms with E-state index in [-0.39, 0.29) is 12.4 Å². The van der Waals surface area contributed by atoms with Gasteiger partial charge in [0, 0.05) is 35.4 Å². The fourth-order valence-electron chi connectivity index (χ4n) is 4.37. The molecule has 0 saturated carbocycles. The van der Waals surface area contributed by atoms with E-state index in [2.05, 4.69) is 10.2 Å². The van der Waals surface area contributed by atoms with Gasteiger partial charge in [-0.25, -0.2) is 4.79 Å². The van der Waals surface area contributed by atoms with Gasteiger partial charge in [-0.15, -0.1) is 11.3 Å². The molecule has 38 heavy (non-hydrogen) atoms. The average molecular weight is 531 g/mol. The van der Waals surface area contributed by atoms with Crippen molar-refractivity contribution in [3.63, 3.8) is 0 Å². The third-order valence-corrected chi connectivity index (χ3v) is 7.48. The summed E-state index contributed by atoms with van der Waals surface area (Å²) in [6.45, 7) is 3.89. The smallest absolute Gasteiger partial charge is 0.411 e. The number of carbonyl (C=O) groups is 1. The SMILES string of the molecule is N=C(N)c1cc2c(OC(COC(=O)Nc3ccccc3CN3CCOCC3)c3ccccc3)cccc2s1. The van der Waals surface area contributed by atoms with Gasteiger partial charge in [0.05, 0.1) is 18.1 Å². The van der Waals surface area contributed by atoms with Gasteiger partial charge in [-0.3, -0.25) is 15.6 Å². The number of anilines is 1. The molecular weight excluding hydrogens is 500 g/mol. The third-order valence-electron chi connectivity index (χ3n) is 6.35. The number of amides is 1. The molecule has 1 fully saturated rings. The number of nitrogens with zero attached hydrogens (tertiary/aromatic N) is 1. The highest BCUT2D eigenvalue weighted by molar-refractivity contribution is 7.20. The molecule has 2 heterocycles. The van der Waals surface area contributed by atoms with Crippen LogP contribution in [0.2, 0.25) is 0 Å². The monoisotopic (exact) mass is 530 g/mol. The first kappa shape index (κ1) is 25.7. The molecular formula is C29H30N4O4S. The van der Waals surface area contributed by atoms with Crippen LogP contribution < -0.4 is 15.8 Å². The Bertz CT molecular complexity index is 1400. The molecule has 0 spiro atoms. The van der Waals surface area contributed by atoms with Crippen molar-refractivity contribution in [3.05, 3.63) is 94.9 Å². The first-order chi connectivity index (χ1) is 18.6. The largest absolute Gasteiger partial charge is 0.481 e. The molecule has 1 aliphatic heterocycles. The minimum atomic E-state index is -0.545. The van der Waals surface area contributed by atoms with Crippen molar-refractivity contribution < 1.29 is 19.0 Å². The number of nitrogens with one attached hydrogen (secondary N) is 2. The number of thiophene rings is 1. The number of ether oxygens (including phenoxy) is 3. The summed E-state index contributed by atoms with van der Waals surface area (Å²) in [7, 11) is 0. The van der Waals surface area contributed by atoms with E-state index >= 15 is 0 Å². The fourth-order valence-corrected chi connectivity index (χ4v) is 5.31. The minimum absolute atomic E-state index is 0.0154. The number of fused-ring (bicyclic) bond motifs is 1. The lowest BCUT2D eigenvalue weighted by molar-refractivity contribution is 0.0342. The summed E-state index contributed by atoms with van der Waals surface area (Å²) in [5.41, 5.74) is 8.33. The molecule has 1 aromatic heterocycles. The molecule has 1 atom stereocenters. The number of carbonyl (C=O) groups excluding carboxylic acids is 1. The molecule has 4 N–H and O–H groups in total. The second-order valence-electron chi connectivity index (χ2n) is 8.98. The molecule has 196 valence electrons. The van der Waals surface area contributed by atoms with Gasteiger partial charge in [0.1, 0.15) is 18.2 Å². The molecule has 1 unspecified atom stereocenters. The molecule has 8 nitrogen and oxygen atoms in total. The molecule has 0 aliphatic carbocycles. The molecule has 1 aliphatic rings. The zero-order valence-electron chi connectivity index (χ0n) is 20.9. The summed E-state index contributed by atoms with van der Waals surface area (Å²) >= 11 is 1.44. The van der Waals surface area contributed by atoms with Crippen LogP contribution in [0.1, 0.15) is 22.1 Å². The van der Waals surface area contributed by atoms with Crippen molar-refractivity contribution in [2.24, 2.45) is 5.73 Å². The normalized spacial score (nSPS) is 14.6. The zero-order valence-corrected chi connectivity index (χ0v) is 21.7. The summed E-state index contributed by atoms with van der Waals surface area (Å²) in [4.78, 5) is 15.9. The van der Waals surface area contributed by atoms with E-state index in [1.807, 2.05) is 78.9 Å². The Morgan fingerprint density at radius 3 is 2.61 bits per heavy atom. The van der Waals surface area contributed by atoms with Crippen LogP contribution in [0.4, 0.5) is 10.5 Å². The van der Waals surface area contributed by atoms with Gasteiger partial charge in [-0.05, 0) is 35.4 Å². The Balaban J connectivity index is 1.29. The van der Waals surface area contributed by atoms with Crippen molar-refractivity contribution in [1.29, 1.82) is 5.41 Å². The summed E-state index contributed by atoms with van der Waals surface area (Å²) in [5, 5.41) is 11.6. The molecule has 1 amide bonds. The first-order valence-corrected chi connectivity index (χ1v) is 13.3. The lowest BCUT2D eigenvalue weighted by Crippen LogP contribution is -2.35. The topological polar surface area (TPSA) is 110 Å². The van der Waals surface area contributed by atoms with Gasteiger partial charge in [0.25, 0.3) is 0 Å². The van der Waals surface area contributed by atoms with Gasteiger partial charge in [-0.1, -0.05) is 54.6 Å². The Morgan fingerprint density at radius 1 is 1.05 bits per heavy atom. The van der Waals surface area contributed by atoms with Crippen LogP contribution in [-0.4, -0.2) is 49.7 Å². The Kier molecular flexibility index (Phi) is 8.18. The second-order valence-corrected chi connectivity index (χ2v) is 10.1. The summed E-state index contributed by atoms with van der Waals surface area (Å²) in [6.07, 6.45) is -1.08. The number of benzene rings is 3. The van der Waals surface area contributed by atoms with Crippen LogP contribution in [0.25, 0.3) is 10.1 Å². The first-order valence-electron chi connectivity index (χ1n) is 12.5. The van der Waals surface area contributed by atoms with E-state index in [4.69, 9.17) is 25.4 Å². The molecule has 0 radical (unpaired) electrons. The number of nitrogen functional groups attached to an aromatic ring is 1. The summed E-state index contributed by atoms with van der Waals surface area (Å²) < 4.78 is 18.5. The fraction of sp³-hybridized carbons (Fsp3) is 0.241. The van der Waals surface area contributed by atoms with Crippen LogP contribution in [0, 0.1) is 5.41 Å². The minimum Gasteiger partial charge on any atom is -0.481 e. The van der Waals surface area contributed by atoms with E-state index in [1.54, 1.807) is 0 Å². The molecule has 5 rings (SSSR count). The number of hydrogen-bond donors (Lipinski definition) is 3. The van der Waals surface area contributed by atoms with Crippen molar-refractivity contribution in [2.45, 2.75) is 12.6 Å². The summed E-state index contributed by atoms with van der Waals surface area (Å²) in [5.74, 6) is 0.658. The highest BCUT2D eigenvalue weighted by atomic mass is 32.1. The maximum atomic E-state index is 12.9. The van der Waals surface area contributed by atoms with Gasteiger partial charge < -0.3 is 19.9 Å². The molecule has 3 aromatic carbocycles. The van der Waals surface area contributed by atoms with E-state index in [0.29, 0.717) is 23.8 Å². The van der Waals surface area contributed by atoms with E-state index in [1.165, 1.54) is 11.3 Å². The highest BCUT2D eigenvalue weighted by Gasteiger charge is 2.20. The molecule has 9 heteroatoms. The molecule has 4 aromatic rings. The van der Waals surface area contributed by atoms with Crippen molar-refractivity contribution >= 4 is 39.0 Å². The van der Waals surface area contributed by atoms with E-state index in [9.17, 15) is 4.79 Å². The standard InChI is InChI=1S/C29H30N4O4S/c30-28(31)27-17-22-24(11-6-12-26(22)38-27)37-25(20-7-2-1-3-8-20)19-36-29(34)32-23-10-5-4-9-21(23)18-33-13-15-35-16-14-33/h1-12,17,25H,13-16,18-19H2,(H3,30,31)(H,32,34). The number of amidine groups is 1. The maximum Gasteiger partial charge on any atom is 0.411 e.